The molecule has 0 aliphatic heterocycles. The molecule has 1 N–H and O–H groups in total. The number of pyridine rings is 1. The lowest BCUT2D eigenvalue weighted by Crippen LogP contribution is -2.09. The van der Waals surface area contributed by atoms with E-state index in [0.717, 1.165) is 0 Å². The third-order valence-electron chi connectivity index (χ3n) is 2.39. The van der Waals surface area contributed by atoms with Gasteiger partial charge in [-0.2, -0.15) is 0 Å². The molecule has 1 amide bonds. The highest BCUT2D eigenvalue weighted by atomic mass is 19.1. The molecule has 0 fully saturated rings. The van der Waals surface area contributed by atoms with Crippen molar-refractivity contribution in [1.82, 2.24) is 4.98 Å². The van der Waals surface area contributed by atoms with Crippen molar-refractivity contribution in [3.05, 3.63) is 54.1 Å². The second kappa shape index (κ2) is 6.34. The number of anilines is 1. The van der Waals surface area contributed by atoms with Crippen molar-refractivity contribution in [3.8, 4) is 17.6 Å². The number of nitrogens with one attached hydrogen (secondary N) is 1. The summed E-state index contributed by atoms with van der Waals surface area (Å²) in [6.07, 6.45) is 3.16. The number of amides is 1. The zero-order valence-electron chi connectivity index (χ0n) is 10.7. The Morgan fingerprint density at radius 3 is 2.95 bits per heavy atom. The molecule has 4 nitrogen and oxygen atoms in total. The van der Waals surface area contributed by atoms with Gasteiger partial charge in [-0.25, -0.2) is 4.39 Å². The number of nitrogens with zero attached hydrogens (tertiary/aromatic N) is 1. The highest BCUT2D eigenvalue weighted by Gasteiger charge is 2.06. The van der Waals surface area contributed by atoms with Crippen LogP contribution in [0.5, 0.6) is 5.75 Å². The lowest BCUT2D eigenvalue weighted by atomic mass is 10.2. The van der Waals surface area contributed by atoms with Gasteiger partial charge in [0.1, 0.15) is 11.6 Å². The van der Waals surface area contributed by atoms with Crippen LogP contribution in [0.2, 0.25) is 0 Å². The van der Waals surface area contributed by atoms with Crippen LogP contribution in [0.1, 0.15) is 5.56 Å². The van der Waals surface area contributed by atoms with E-state index in [2.05, 4.69) is 22.1 Å². The zero-order valence-corrected chi connectivity index (χ0v) is 10.7. The molecular weight excluding hydrogens is 259 g/mol. The third kappa shape index (κ3) is 3.56. The van der Waals surface area contributed by atoms with Crippen molar-refractivity contribution >= 4 is 11.6 Å². The molecule has 5 heteroatoms. The number of ether oxygens (including phenoxy) is 1. The Bertz CT molecular complexity index is 675. The van der Waals surface area contributed by atoms with Crippen molar-refractivity contribution in [2.24, 2.45) is 0 Å². The van der Waals surface area contributed by atoms with Crippen molar-refractivity contribution in [3.63, 3.8) is 0 Å². The number of benzene rings is 1. The molecule has 100 valence electrons. The van der Waals surface area contributed by atoms with Crippen molar-refractivity contribution < 1.29 is 13.9 Å². The van der Waals surface area contributed by atoms with E-state index in [1.165, 1.54) is 25.3 Å². The summed E-state index contributed by atoms with van der Waals surface area (Å²) in [4.78, 5) is 15.6. The van der Waals surface area contributed by atoms with E-state index in [4.69, 9.17) is 4.74 Å². The number of aromatic nitrogens is 1. The zero-order chi connectivity index (χ0) is 14.4. The van der Waals surface area contributed by atoms with Crippen LogP contribution in [-0.2, 0) is 4.79 Å². The van der Waals surface area contributed by atoms with E-state index in [1.807, 2.05) is 0 Å². The number of rotatable bonds is 2. The smallest absolute Gasteiger partial charge is 0.300 e. The molecular formula is C15H11FN2O2. The third-order valence-corrected chi connectivity index (χ3v) is 2.39. The van der Waals surface area contributed by atoms with E-state index in [0.29, 0.717) is 11.3 Å². The Morgan fingerprint density at radius 1 is 1.40 bits per heavy atom. The van der Waals surface area contributed by atoms with Crippen LogP contribution in [-0.4, -0.2) is 18.0 Å². The first-order valence-electron chi connectivity index (χ1n) is 5.75. The fourth-order valence-corrected chi connectivity index (χ4v) is 1.50. The highest BCUT2D eigenvalue weighted by Crippen LogP contribution is 2.24. The summed E-state index contributed by atoms with van der Waals surface area (Å²) < 4.78 is 18.2. The van der Waals surface area contributed by atoms with E-state index >= 15 is 0 Å². The van der Waals surface area contributed by atoms with Crippen LogP contribution in [0, 0.1) is 17.7 Å². The van der Waals surface area contributed by atoms with Crippen molar-refractivity contribution in [2.75, 3.05) is 12.4 Å². The van der Waals surface area contributed by atoms with Gasteiger partial charge >= 0.3 is 5.91 Å². The highest BCUT2D eigenvalue weighted by molar-refractivity contribution is 6.05. The topological polar surface area (TPSA) is 51.2 Å². The minimum Gasteiger partial charge on any atom is -0.495 e. The van der Waals surface area contributed by atoms with Crippen LogP contribution in [0.3, 0.4) is 0 Å². The van der Waals surface area contributed by atoms with Gasteiger partial charge in [0.25, 0.3) is 0 Å². The van der Waals surface area contributed by atoms with Crippen LogP contribution >= 0.6 is 0 Å². The monoisotopic (exact) mass is 270 g/mol. The summed E-state index contributed by atoms with van der Waals surface area (Å²) in [7, 11) is 1.43. The lowest BCUT2D eigenvalue weighted by Gasteiger charge is -2.07. The standard InChI is InChI=1S/C15H11FN2O2/c1-20-14-6-5-12(16)9-13(14)18-15(19)7-4-11-3-2-8-17-10-11/h2-3,5-6,8-10H,1H3,(H,18,19). The maximum atomic E-state index is 13.1. The maximum absolute atomic E-state index is 13.1. The summed E-state index contributed by atoms with van der Waals surface area (Å²) >= 11 is 0. The molecule has 0 spiro atoms. The fourth-order valence-electron chi connectivity index (χ4n) is 1.50. The Morgan fingerprint density at radius 2 is 2.25 bits per heavy atom. The van der Waals surface area contributed by atoms with Crippen LogP contribution in [0.4, 0.5) is 10.1 Å². The van der Waals surface area contributed by atoms with E-state index in [9.17, 15) is 9.18 Å². The van der Waals surface area contributed by atoms with Gasteiger partial charge in [0.2, 0.25) is 0 Å². The average molecular weight is 270 g/mol. The van der Waals surface area contributed by atoms with Crippen LogP contribution in [0.25, 0.3) is 0 Å². The molecule has 1 heterocycles. The van der Waals surface area contributed by atoms with Gasteiger partial charge in [0.15, 0.2) is 0 Å². The van der Waals surface area contributed by atoms with Gasteiger partial charge in [0.05, 0.1) is 12.8 Å². The summed E-state index contributed by atoms with van der Waals surface area (Å²) in [6, 6.07) is 7.30. The Balaban J connectivity index is 2.13. The summed E-state index contributed by atoms with van der Waals surface area (Å²) in [5, 5.41) is 2.47. The number of hydrogen-bond donors (Lipinski definition) is 1. The predicted octanol–water partition coefficient (Wildman–Crippen LogP) is 2.22. The molecule has 0 radical (unpaired) electrons. The molecule has 0 saturated heterocycles. The first-order chi connectivity index (χ1) is 9.69. The molecule has 0 unspecified atom stereocenters. The van der Waals surface area contributed by atoms with E-state index in [1.54, 1.807) is 24.5 Å². The number of methoxy groups -OCH3 is 1. The predicted molar refractivity (Wildman–Crippen MR) is 72.7 cm³/mol. The SMILES string of the molecule is COc1ccc(F)cc1NC(=O)C#Cc1cccnc1. The van der Waals surface area contributed by atoms with Gasteiger partial charge in [-0.05, 0) is 24.3 Å². The normalized spacial score (nSPS) is 9.30. The molecule has 1 aromatic heterocycles. The average Bonchev–Trinajstić information content (AvgIpc) is 2.46. The molecule has 2 aromatic rings. The van der Waals surface area contributed by atoms with Gasteiger partial charge in [-0.1, -0.05) is 5.92 Å². The van der Waals surface area contributed by atoms with E-state index in [-0.39, 0.29) is 5.69 Å². The quantitative estimate of drug-likeness (QED) is 0.851. The number of halogens is 1. The minimum atomic E-state index is -0.558. The number of carbonyl (C=O) groups is 1. The van der Waals surface area contributed by atoms with Crippen molar-refractivity contribution in [1.29, 1.82) is 0 Å². The molecule has 1 aromatic carbocycles. The molecule has 2 rings (SSSR count). The molecule has 20 heavy (non-hydrogen) atoms. The van der Waals surface area contributed by atoms with Gasteiger partial charge < -0.3 is 10.1 Å². The van der Waals surface area contributed by atoms with Gasteiger partial charge in [0, 0.05) is 29.9 Å². The largest absolute Gasteiger partial charge is 0.495 e. The lowest BCUT2D eigenvalue weighted by molar-refractivity contribution is -0.111. The number of hydrogen-bond acceptors (Lipinski definition) is 3. The van der Waals surface area contributed by atoms with Crippen LogP contribution in [0.15, 0.2) is 42.7 Å². The Kier molecular flexibility index (Phi) is 4.30. The van der Waals surface area contributed by atoms with E-state index < -0.39 is 11.7 Å². The Hall–Kier alpha value is -2.87. The minimum absolute atomic E-state index is 0.234. The molecule has 0 bridgehead atoms. The molecule has 0 aliphatic rings. The molecule has 0 atom stereocenters. The molecule has 0 aliphatic carbocycles. The summed E-state index contributed by atoms with van der Waals surface area (Å²) in [5.74, 6) is 4.39. The van der Waals surface area contributed by atoms with Crippen molar-refractivity contribution in [2.45, 2.75) is 0 Å². The van der Waals surface area contributed by atoms with Crippen LogP contribution < -0.4 is 10.1 Å². The molecule has 0 saturated carbocycles. The summed E-state index contributed by atoms with van der Waals surface area (Å²) in [6.45, 7) is 0. The Labute approximate surface area is 115 Å². The second-order valence-electron chi connectivity index (χ2n) is 3.79. The number of carbonyl (C=O) groups excluding carboxylic acids is 1. The second-order valence-corrected chi connectivity index (χ2v) is 3.79. The van der Waals surface area contributed by atoms with Gasteiger partial charge in [-0.3, -0.25) is 9.78 Å². The summed E-state index contributed by atoms with van der Waals surface area (Å²) in [5.41, 5.74) is 0.854. The first-order valence-corrected chi connectivity index (χ1v) is 5.75. The van der Waals surface area contributed by atoms with Gasteiger partial charge in [-0.15, -0.1) is 0 Å². The fraction of sp³-hybridized carbons (Fsp3) is 0.0667. The maximum Gasteiger partial charge on any atom is 0.300 e. The first kappa shape index (κ1) is 13.6.